The third-order valence-corrected chi connectivity index (χ3v) is 3.85. The molecule has 7 heteroatoms. The Morgan fingerprint density at radius 3 is 2.04 bits per heavy atom. The Labute approximate surface area is 141 Å². The fourth-order valence-corrected chi connectivity index (χ4v) is 2.94. The largest absolute Gasteiger partial charge is 0.493 e. The van der Waals surface area contributed by atoms with E-state index in [-0.39, 0.29) is 17.6 Å². The summed E-state index contributed by atoms with van der Waals surface area (Å²) in [6.07, 6.45) is 0. The van der Waals surface area contributed by atoms with Crippen molar-refractivity contribution in [2.24, 2.45) is 0 Å². The van der Waals surface area contributed by atoms with Crippen molar-refractivity contribution in [1.82, 2.24) is 9.97 Å². The van der Waals surface area contributed by atoms with E-state index in [4.69, 9.17) is 14.2 Å². The number of nitrogens with zero attached hydrogens (tertiary/aromatic N) is 2. The Morgan fingerprint density at radius 1 is 1.00 bits per heavy atom. The van der Waals surface area contributed by atoms with Gasteiger partial charge in [0.05, 0.1) is 26.7 Å². The second-order valence-corrected chi connectivity index (χ2v) is 6.03. The van der Waals surface area contributed by atoms with Gasteiger partial charge in [-0.25, -0.2) is 4.98 Å². The summed E-state index contributed by atoms with van der Waals surface area (Å²) < 4.78 is 16.1. The molecule has 0 atom stereocenters. The molecule has 7 nitrogen and oxygen atoms in total. The van der Waals surface area contributed by atoms with Gasteiger partial charge < -0.3 is 19.1 Å². The Balaban J connectivity index is 2.84. The van der Waals surface area contributed by atoms with Gasteiger partial charge in [-0.05, 0) is 33.8 Å². The lowest BCUT2D eigenvalue weighted by Gasteiger charge is -2.31. The Hall–Kier alpha value is -2.44. The summed E-state index contributed by atoms with van der Waals surface area (Å²) in [4.78, 5) is 22.2. The SMILES string of the molecule is COc1cc2c(=O)[nH]c(N(C(C)C)C(C)C)nc2c(OC)c1OC. The molecule has 0 aliphatic heterocycles. The molecule has 0 saturated carbocycles. The summed E-state index contributed by atoms with van der Waals surface area (Å²) in [6, 6.07) is 1.97. The van der Waals surface area contributed by atoms with E-state index in [0.717, 1.165) is 0 Å². The zero-order valence-electron chi connectivity index (χ0n) is 15.3. The summed E-state index contributed by atoms with van der Waals surface area (Å²) in [7, 11) is 4.55. The number of hydrogen-bond donors (Lipinski definition) is 1. The lowest BCUT2D eigenvalue weighted by molar-refractivity contribution is 0.327. The van der Waals surface area contributed by atoms with Crippen LogP contribution in [0.2, 0.25) is 0 Å². The minimum atomic E-state index is -0.249. The number of hydrogen-bond acceptors (Lipinski definition) is 6. The van der Waals surface area contributed by atoms with E-state index in [2.05, 4.69) is 37.7 Å². The van der Waals surface area contributed by atoms with Crippen LogP contribution < -0.4 is 24.7 Å². The average Bonchev–Trinajstić information content (AvgIpc) is 2.52. The first kappa shape index (κ1) is 17.9. The quantitative estimate of drug-likeness (QED) is 0.874. The van der Waals surface area contributed by atoms with E-state index < -0.39 is 0 Å². The number of ether oxygens (including phenoxy) is 3. The fraction of sp³-hybridized carbons (Fsp3) is 0.529. The van der Waals surface area contributed by atoms with E-state index in [1.165, 1.54) is 21.3 Å². The van der Waals surface area contributed by atoms with Gasteiger partial charge >= 0.3 is 0 Å². The second kappa shape index (κ2) is 6.98. The predicted molar refractivity (Wildman–Crippen MR) is 94.8 cm³/mol. The van der Waals surface area contributed by atoms with Crippen LogP contribution in [-0.4, -0.2) is 43.4 Å². The molecule has 0 bridgehead atoms. The minimum absolute atomic E-state index is 0.178. The Kier molecular flexibility index (Phi) is 5.21. The monoisotopic (exact) mass is 335 g/mol. The van der Waals surface area contributed by atoms with Crippen LogP contribution in [0.4, 0.5) is 5.95 Å². The van der Waals surface area contributed by atoms with Gasteiger partial charge in [-0.15, -0.1) is 0 Å². The standard InChI is InChI=1S/C17H25N3O4/c1-9(2)20(10(3)4)17-18-13-11(16(21)19-17)8-12(22-5)14(23-6)15(13)24-7/h8-10H,1-7H3,(H,18,19,21). The van der Waals surface area contributed by atoms with E-state index in [1.54, 1.807) is 6.07 Å². The maximum Gasteiger partial charge on any atom is 0.260 e. The molecule has 2 rings (SSSR count). The zero-order valence-corrected chi connectivity index (χ0v) is 15.3. The van der Waals surface area contributed by atoms with Gasteiger partial charge in [0, 0.05) is 12.1 Å². The van der Waals surface area contributed by atoms with E-state index in [9.17, 15) is 4.79 Å². The smallest absolute Gasteiger partial charge is 0.260 e. The summed E-state index contributed by atoms with van der Waals surface area (Å²) >= 11 is 0. The lowest BCUT2D eigenvalue weighted by Crippen LogP contribution is -2.39. The Bertz CT molecular complexity index is 775. The first-order valence-electron chi connectivity index (χ1n) is 7.87. The van der Waals surface area contributed by atoms with Crippen molar-refractivity contribution in [3.8, 4) is 17.2 Å². The van der Waals surface area contributed by atoms with Gasteiger partial charge in [-0.2, -0.15) is 0 Å². The summed E-state index contributed by atoms with van der Waals surface area (Å²) in [5.41, 5.74) is 0.195. The number of benzene rings is 1. The normalized spacial score (nSPS) is 11.2. The van der Waals surface area contributed by atoms with E-state index >= 15 is 0 Å². The van der Waals surface area contributed by atoms with Crippen LogP contribution in [0.5, 0.6) is 17.2 Å². The molecule has 1 aromatic carbocycles. The first-order chi connectivity index (χ1) is 11.3. The average molecular weight is 335 g/mol. The molecule has 1 N–H and O–H groups in total. The number of methoxy groups -OCH3 is 3. The van der Waals surface area contributed by atoms with Gasteiger partial charge in [0.2, 0.25) is 11.7 Å². The third-order valence-electron chi connectivity index (χ3n) is 3.85. The van der Waals surface area contributed by atoms with Crippen LogP contribution >= 0.6 is 0 Å². The van der Waals surface area contributed by atoms with Crippen molar-refractivity contribution in [2.75, 3.05) is 26.2 Å². The van der Waals surface area contributed by atoms with E-state index in [0.29, 0.717) is 34.1 Å². The molecule has 0 amide bonds. The zero-order chi connectivity index (χ0) is 18.0. The first-order valence-corrected chi connectivity index (χ1v) is 7.87. The molecule has 24 heavy (non-hydrogen) atoms. The van der Waals surface area contributed by atoms with Crippen molar-refractivity contribution >= 4 is 16.9 Å². The highest BCUT2D eigenvalue weighted by Gasteiger charge is 2.23. The highest BCUT2D eigenvalue weighted by atomic mass is 16.5. The fourth-order valence-electron chi connectivity index (χ4n) is 2.94. The van der Waals surface area contributed by atoms with Crippen LogP contribution in [0, 0.1) is 0 Å². The van der Waals surface area contributed by atoms with Gasteiger partial charge in [0.25, 0.3) is 5.56 Å². The van der Waals surface area contributed by atoms with Crippen molar-refractivity contribution in [1.29, 1.82) is 0 Å². The number of aromatic amines is 1. The maximum atomic E-state index is 12.6. The number of rotatable bonds is 6. The highest BCUT2D eigenvalue weighted by molar-refractivity contribution is 5.90. The van der Waals surface area contributed by atoms with Crippen LogP contribution in [-0.2, 0) is 0 Å². The van der Waals surface area contributed by atoms with Crippen molar-refractivity contribution < 1.29 is 14.2 Å². The van der Waals surface area contributed by atoms with Crippen LogP contribution in [0.15, 0.2) is 10.9 Å². The molecule has 1 aromatic heterocycles. The van der Waals surface area contributed by atoms with E-state index in [1.807, 2.05) is 4.90 Å². The molecule has 0 aliphatic carbocycles. The van der Waals surface area contributed by atoms with Crippen molar-refractivity contribution in [3.05, 3.63) is 16.4 Å². The second-order valence-electron chi connectivity index (χ2n) is 6.03. The summed E-state index contributed by atoms with van der Waals surface area (Å²) in [6.45, 7) is 8.21. The van der Waals surface area contributed by atoms with Crippen LogP contribution in [0.25, 0.3) is 10.9 Å². The molecule has 1 heterocycles. The molecule has 0 radical (unpaired) electrons. The number of anilines is 1. The summed E-state index contributed by atoms with van der Waals surface area (Å²) in [5, 5.41) is 0.390. The van der Waals surface area contributed by atoms with Crippen LogP contribution in [0.1, 0.15) is 27.7 Å². The minimum Gasteiger partial charge on any atom is -0.493 e. The molecule has 0 spiro atoms. The third kappa shape index (κ3) is 2.98. The van der Waals surface area contributed by atoms with Gasteiger partial charge in [-0.3, -0.25) is 9.78 Å². The molecule has 0 unspecified atom stereocenters. The maximum absolute atomic E-state index is 12.6. The predicted octanol–water partition coefficient (Wildman–Crippen LogP) is 2.57. The van der Waals surface area contributed by atoms with Gasteiger partial charge in [-0.1, -0.05) is 0 Å². The molecular formula is C17H25N3O4. The number of fused-ring (bicyclic) bond motifs is 1. The topological polar surface area (TPSA) is 76.7 Å². The molecule has 0 saturated heterocycles. The van der Waals surface area contributed by atoms with Crippen LogP contribution in [0.3, 0.4) is 0 Å². The summed E-state index contributed by atoms with van der Waals surface area (Å²) in [5.74, 6) is 1.72. The molecular weight excluding hydrogens is 310 g/mol. The van der Waals surface area contributed by atoms with Crippen molar-refractivity contribution in [2.45, 2.75) is 39.8 Å². The lowest BCUT2D eigenvalue weighted by atomic mass is 10.2. The molecule has 0 aliphatic rings. The highest BCUT2D eigenvalue weighted by Crippen LogP contribution is 2.41. The Morgan fingerprint density at radius 2 is 1.58 bits per heavy atom. The number of aromatic nitrogens is 2. The molecule has 0 fully saturated rings. The molecule has 2 aromatic rings. The van der Waals surface area contributed by atoms with Crippen molar-refractivity contribution in [3.63, 3.8) is 0 Å². The molecule has 132 valence electrons. The number of H-pyrrole nitrogens is 1. The van der Waals surface area contributed by atoms with Gasteiger partial charge in [0.15, 0.2) is 11.5 Å². The number of nitrogens with one attached hydrogen (secondary N) is 1. The van der Waals surface area contributed by atoms with Gasteiger partial charge in [0.1, 0.15) is 5.52 Å².